The molecule has 5 heteroatoms. The molecular formula is C4H10O4S. The summed E-state index contributed by atoms with van der Waals surface area (Å²) in [5.74, 6) is 0. The molecule has 1 atom stereocenters. The Hall–Kier alpha value is 0.0300. The van der Waals surface area contributed by atoms with Gasteiger partial charge in [0.2, 0.25) is 0 Å². The lowest BCUT2D eigenvalue weighted by Gasteiger charge is -1.97. The summed E-state index contributed by atoms with van der Waals surface area (Å²) in [7, 11) is 0. The second-order valence-electron chi connectivity index (χ2n) is 1.24. The van der Waals surface area contributed by atoms with E-state index in [9.17, 15) is 4.21 Å². The molecule has 0 heterocycles. The van der Waals surface area contributed by atoms with Crippen LogP contribution >= 0.6 is 0 Å². The Labute approximate surface area is 56.6 Å². The molecule has 0 radical (unpaired) electrons. The smallest absolute Gasteiger partial charge is 0.301 e. The molecule has 0 aromatic rings. The zero-order valence-corrected chi connectivity index (χ0v) is 6.02. The fourth-order valence-electron chi connectivity index (χ4n) is 0.309. The third-order valence-electron chi connectivity index (χ3n) is 0.616. The van der Waals surface area contributed by atoms with Crippen molar-refractivity contribution in [1.29, 1.82) is 0 Å². The van der Waals surface area contributed by atoms with Crippen molar-refractivity contribution in [1.82, 2.24) is 0 Å². The summed E-state index contributed by atoms with van der Waals surface area (Å²) < 4.78 is 26.9. The zero-order chi connectivity index (χ0) is 7.11. The Kier molecular flexibility index (Phi) is 6.18. The standard InChI is InChI=1S/C4H10O4S/c1-2-7-3-4-8-9(5)6/h2-4H2,1H3,(H,5,6). The molecule has 0 aliphatic heterocycles. The van der Waals surface area contributed by atoms with Crippen molar-refractivity contribution in [2.45, 2.75) is 6.92 Å². The van der Waals surface area contributed by atoms with E-state index in [1.54, 1.807) is 0 Å². The van der Waals surface area contributed by atoms with Gasteiger partial charge in [-0.25, -0.2) is 0 Å². The van der Waals surface area contributed by atoms with Gasteiger partial charge in [-0.1, -0.05) is 0 Å². The van der Waals surface area contributed by atoms with Crippen molar-refractivity contribution in [3.05, 3.63) is 0 Å². The van der Waals surface area contributed by atoms with Crippen LogP contribution < -0.4 is 0 Å². The second kappa shape index (κ2) is 6.15. The number of hydrogen-bond acceptors (Lipinski definition) is 3. The molecule has 0 aliphatic rings. The number of hydrogen-bond donors (Lipinski definition) is 1. The van der Waals surface area contributed by atoms with E-state index in [0.29, 0.717) is 13.2 Å². The van der Waals surface area contributed by atoms with Crippen LogP contribution in [0.5, 0.6) is 0 Å². The van der Waals surface area contributed by atoms with E-state index < -0.39 is 11.4 Å². The quantitative estimate of drug-likeness (QED) is 0.453. The van der Waals surface area contributed by atoms with Crippen molar-refractivity contribution in [3.63, 3.8) is 0 Å². The van der Waals surface area contributed by atoms with Gasteiger partial charge in [0.15, 0.2) is 0 Å². The zero-order valence-electron chi connectivity index (χ0n) is 5.20. The fourth-order valence-corrected chi connectivity index (χ4v) is 0.519. The van der Waals surface area contributed by atoms with Crippen LogP contribution in [0, 0.1) is 0 Å². The summed E-state index contributed by atoms with van der Waals surface area (Å²) in [5, 5.41) is 0. The van der Waals surface area contributed by atoms with Crippen LogP contribution in [0.15, 0.2) is 0 Å². The van der Waals surface area contributed by atoms with Crippen LogP contribution in [-0.2, 0) is 20.3 Å². The van der Waals surface area contributed by atoms with Crippen LogP contribution in [0.1, 0.15) is 6.92 Å². The lowest BCUT2D eigenvalue weighted by atomic mass is 10.8. The minimum Gasteiger partial charge on any atom is -0.379 e. The SMILES string of the molecule is CCOCCOS(=O)O. The molecule has 1 N–H and O–H groups in total. The van der Waals surface area contributed by atoms with Gasteiger partial charge in [0.05, 0.1) is 13.2 Å². The first-order valence-electron chi connectivity index (χ1n) is 2.59. The minimum atomic E-state index is -2.15. The summed E-state index contributed by atoms with van der Waals surface area (Å²) in [5.41, 5.74) is 0. The molecule has 0 rings (SSSR count). The largest absolute Gasteiger partial charge is 0.379 e. The predicted molar refractivity (Wildman–Crippen MR) is 33.2 cm³/mol. The van der Waals surface area contributed by atoms with Crippen LogP contribution in [-0.4, -0.2) is 28.6 Å². The highest BCUT2D eigenvalue weighted by molar-refractivity contribution is 7.74. The van der Waals surface area contributed by atoms with Gasteiger partial charge in [-0.05, 0) is 6.92 Å². The van der Waals surface area contributed by atoms with E-state index in [2.05, 4.69) is 4.18 Å². The molecule has 56 valence electrons. The van der Waals surface area contributed by atoms with E-state index in [1.807, 2.05) is 6.92 Å². The highest BCUT2D eigenvalue weighted by Gasteiger charge is 1.90. The van der Waals surface area contributed by atoms with E-state index in [1.165, 1.54) is 0 Å². The van der Waals surface area contributed by atoms with Gasteiger partial charge in [0.25, 0.3) is 0 Å². The number of rotatable bonds is 5. The second-order valence-corrected chi connectivity index (χ2v) is 1.91. The van der Waals surface area contributed by atoms with Gasteiger partial charge in [-0.3, -0.25) is 8.74 Å². The molecule has 9 heavy (non-hydrogen) atoms. The molecule has 4 nitrogen and oxygen atoms in total. The molecule has 0 aromatic heterocycles. The van der Waals surface area contributed by atoms with Gasteiger partial charge in [0, 0.05) is 6.61 Å². The summed E-state index contributed by atoms with van der Waals surface area (Å²) in [4.78, 5) is 0. The van der Waals surface area contributed by atoms with Crippen LogP contribution in [0.2, 0.25) is 0 Å². The van der Waals surface area contributed by atoms with E-state index >= 15 is 0 Å². The lowest BCUT2D eigenvalue weighted by Crippen LogP contribution is -2.04. The minimum absolute atomic E-state index is 0.164. The molecule has 0 spiro atoms. The highest BCUT2D eigenvalue weighted by atomic mass is 32.2. The third-order valence-corrected chi connectivity index (χ3v) is 0.984. The third kappa shape index (κ3) is 8.03. The Morgan fingerprint density at radius 2 is 2.22 bits per heavy atom. The maximum atomic E-state index is 9.80. The molecule has 0 saturated carbocycles. The van der Waals surface area contributed by atoms with E-state index in [4.69, 9.17) is 9.29 Å². The summed E-state index contributed by atoms with van der Waals surface area (Å²) >= 11 is -2.15. The summed E-state index contributed by atoms with van der Waals surface area (Å²) in [6.45, 7) is 2.97. The van der Waals surface area contributed by atoms with Crippen molar-refractivity contribution in [2.24, 2.45) is 0 Å². The van der Waals surface area contributed by atoms with Crippen molar-refractivity contribution >= 4 is 11.4 Å². The molecule has 0 fully saturated rings. The predicted octanol–water partition coefficient (Wildman–Crippen LogP) is 0.176. The molecule has 0 aliphatic carbocycles. The Morgan fingerprint density at radius 3 is 2.67 bits per heavy atom. The van der Waals surface area contributed by atoms with Crippen molar-refractivity contribution in [2.75, 3.05) is 19.8 Å². The van der Waals surface area contributed by atoms with E-state index in [0.717, 1.165) is 0 Å². The molecule has 0 aromatic carbocycles. The van der Waals surface area contributed by atoms with Gasteiger partial charge >= 0.3 is 11.4 Å². The van der Waals surface area contributed by atoms with E-state index in [-0.39, 0.29) is 6.61 Å². The molecule has 1 unspecified atom stereocenters. The van der Waals surface area contributed by atoms with Crippen LogP contribution in [0.25, 0.3) is 0 Å². The Bertz CT molecular complexity index is 84.6. The van der Waals surface area contributed by atoms with Crippen molar-refractivity contribution in [3.8, 4) is 0 Å². The van der Waals surface area contributed by atoms with Gasteiger partial charge < -0.3 is 4.74 Å². The fraction of sp³-hybridized carbons (Fsp3) is 1.00. The average Bonchev–Trinajstić information content (AvgIpc) is 1.80. The first-order valence-corrected chi connectivity index (χ1v) is 3.62. The molecule has 0 saturated heterocycles. The Balaban J connectivity index is 2.83. The Morgan fingerprint density at radius 1 is 1.56 bits per heavy atom. The van der Waals surface area contributed by atoms with Crippen LogP contribution in [0.4, 0.5) is 0 Å². The maximum absolute atomic E-state index is 9.80. The van der Waals surface area contributed by atoms with Crippen molar-refractivity contribution < 1.29 is 17.7 Å². The maximum Gasteiger partial charge on any atom is 0.301 e. The van der Waals surface area contributed by atoms with Gasteiger partial charge in [0.1, 0.15) is 0 Å². The highest BCUT2D eigenvalue weighted by Crippen LogP contribution is 1.79. The molecule has 0 bridgehead atoms. The van der Waals surface area contributed by atoms with Gasteiger partial charge in [-0.2, -0.15) is 4.21 Å². The topological polar surface area (TPSA) is 55.8 Å². The first kappa shape index (κ1) is 9.03. The lowest BCUT2D eigenvalue weighted by molar-refractivity contribution is 0.111. The molecular weight excluding hydrogens is 144 g/mol. The monoisotopic (exact) mass is 154 g/mol. The van der Waals surface area contributed by atoms with Gasteiger partial charge in [-0.15, -0.1) is 0 Å². The molecule has 0 amide bonds. The van der Waals surface area contributed by atoms with Crippen LogP contribution in [0.3, 0.4) is 0 Å². The summed E-state index contributed by atoms with van der Waals surface area (Å²) in [6.07, 6.45) is 0. The first-order chi connectivity index (χ1) is 4.27. The summed E-state index contributed by atoms with van der Waals surface area (Å²) in [6, 6.07) is 0. The average molecular weight is 154 g/mol. The number of ether oxygens (including phenoxy) is 1. The normalized spacial score (nSPS) is 13.6.